The van der Waals surface area contributed by atoms with E-state index in [-0.39, 0.29) is 30.2 Å². The minimum atomic E-state index is 0.201. The highest BCUT2D eigenvalue weighted by Crippen LogP contribution is 2.40. The van der Waals surface area contributed by atoms with Crippen molar-refractivity contribution in [3.63, 3.8) is 0 Å². The lowest BCUT2D eigenvalue weighted by atomic mass is 9.77. The Hall–Kier alpha value is -0.380. The molecular formula is C18H33NO2. The minimum Gasteiger partial charge on any atom is -0.396 e. The summed E-state index contributed by atoms with van der Waals surface area (Å²) in [5.41, 5.74) is 1.86. The Balaban J connectivity index is 2.16. The first-order valence-electron chi connectivity index (χ1n) is 8.47. The molecule has 0 aromatic rings. The highest BCUT2D eigenvalue weighted by Gasteiger charge is 2.41. The lowest BCUT2D eigenvalue weighted by molar-refractivity contribution is -0.0202. The molecule has 2 N–H and O–H groups in total. The molecule has 3 nitrogen and oxygen atoms in total. The largest absolute Gasteiger partial charge is 0.396 e. The molecule has 1 fully saturated rings. The maximum Gasteiger partial charge on any atom is 0.0494 e. The minimum absolute atomic E-state index is 0.201. The summed E-state index contributed by atoms with van der Waals surface area (Å²) in [6.45, 7) is 10.8. The molecule has 0 bridgehead atoms. The predicted molar refractivity (Wildman–Crippen MR) is 87.2 cm³/mol. The molecule has 0 spiro atoms. The monoisotopic (exact) mass is 295 g/mol. The summed E-state index contributed by atoms with van der Waals surface area (Å²) in [4.78, 5) is 2.64. The zero-order valence-corrected chi connectivity index (χ0v) is 14.2. The molecule has 2 rings (SSSR count). The van der Waals surface area contributed by atoms with E-state index in [2.05, 4.69) is 38.7 Å². The second-order valence-electron chi connectivity index (χ2n) is 8.32. The summed E-state index contributed by atoms with van der Waals surface area (Å²) in [6.07, 6.45) is 7.97. The van der Waals surface area contributed by atoms with Crippen molar-refractivity contribution in [2.24, 2.45) is 11.8 Å². The van der Waals surface area contributed by atoms with Gasteiger partial charge in [0.2, 0.25) is 0 Å². The highest BCUT2D eigenvalue weighted by molar-refractivity contribution is 5.14. The molecule has 21 heavy (non-hydrogen) atoms. The second kappa shape index (κ2) is 6.39. The highest BCUT2D eigenvalue weighted by atomic mass is 16.3. The van der Waals surface area contributed by atoms with Crippen LogP contribution < -0.4 is 0 Å². The van der Waals surface area contributed by atoms with Crippen molar-refractivity contribution in [2.45, 2.75) is 70.9 Å². The van der Waals surface area contributed by atoms with E-state index in [4.69, 9.17) is 0 Å². The zero-order chi connectivity index (χ0) is 15.7. The topological polar surface area (TPSA) is 43.7 Å². The number of rotatable bonds is 4. The molecule has 0 aromatic carbocycles. The fraction of sp³-hybridized carbons (Fsp3) is 0.889. The molecule has 122 valence electrons. The molecule has 0 radical (unpaired) electrons. The first-order valence-corrected chi connectivity index (χ1v) is 8.47. The molecule has 1 aliphatic heterocycles. The zero-order valence-electron chi connectivity index (χ0n) is 14.2. The molecule has 1 heterocycles. The number of nitrogens with zero attached hydrogens (tertiary/aromatic N) is 1. The number of piperidine rings is 1. The summed E-state index contributed by atoms with van der Waals surface area (Å²) in [5, 5.41) is 19.0. The van der Waals surface area contributed by atoms with E-state index in [9.17, 15) is 10.2 Å². The van der Waals surface area contributed by atoms with E-state index in [0.29, 0.717) is 5.92 Å². The second-order valence-corrected chi connectivity index (χ2v) is 8.32. The number of hydrogen-bond acceptors (Lipinski definition) is 3. The van der Waals surface area contributed by atoms with Crippen LogP contribution in [0.4, 0.5) is 0 Å². The van der Waals surface area contributed by atoms with Gasteiger partial charge in [-0.15, -0.1) is 0 Å². The van der Waals surface area contributed by atoms with Gasteiger partial charge >= 0.3 is 0 Å². The first kappa shape index (κ1) is 17.0. The predicted octanol–water partition coefficient (Wildman–Crippen LogP) is 2.97. The number of hydrogen-bond donors (Lipinski definition) is 2. The Morgan fingerprint density at radius 2 is 1.71 bits per heavy atom. The number of likely N-dealkylation sites (tertiary alicyclic amines) is 1. The smallest absolute Gasteiger partial charge is 0.0494 e. The van der Waals surface area contributed by atoms with Crippen molar-refractivity contribution in [3.05, 3.63) is 11.6 Å². The van der Waals surface area contributed by atoms with Crippen LogP contribution in [0.3, 0.4) is 0 Å². The normalized spacial score (nSPS) is 32.8. The standard InChI is InChI=1S/C18H33NO2/c1-17(2)6-5-7-18(3,4)19(17)11-14-8-15(12-20)10-16(9-14)13-21/h8,15-16,20-21H,5-7,9-13H2,1-4H3/t15-,16+/m1/s1. The molecule has 0 aromatic heterocycles. The average molecular weight is 295 g/mol. The Morgan fingerprint density at radius 1 is 1.10 bits per heavy atom. The van der Waals surface area contributed by atoms with Gasteiger partial charge < -0.3 is 10.2 Å². The Labute approximate surface area is 130 Å². The van der Waals surface area contributed by atoms with Gasteiger partial charge in [-0.05, 0) is 65.7 Å². The van der Waals surface area contributed by atoms with E-state index in [0.717, 1.165) is 19.4 Å². The third kappa shape index (κ3) is 3.88. The molecule has 2 atom stereocenters. The Bertz CT molecular complexity index is 371. The summed E-state index contributed by atoms with van der Waals surface area (Å²) < 4.78 is 0. The first-order chi connectivity index (χ1) is 9.78. The van der Waals surface area contributed by atoms with Gasteiger partial charge in [-0.1, -0.05) is 11.6 Å². The molecule has 2 aliphatic rings. The quantitative estimate of drug-likeness (QED) is 0.784. The summed E-state index contributed by atoms with van der Waals surface area (Å²) in [7, 11) is 0. The van der Waals surface area contributed by atoms with Gasteiger partial charge in [0.15, 0.2) is 0 Å². The summed E-state index contributed by atoms with van der Waals surface area (Å²) in [6, 6.07) is 0. The molecule has 3 heteroatoms. The van der Waals surface area contributed by atoms with Crippen LogP contribution in [0.5, 0.6) is 0 Å². The van der Waals surface area contributed by atoms with E-state index in [1.165, 1.54) is 24.8 Å². The average Bonchev–Trinajstić information content (AvgIpc) is 2.42. The van der Waals surface area contributed by atoms with Gasteiger partial charge in [0.05, 0.1) is 0 Å². The summed E-state index contributed by atoms with van der Waals surface area (Å²) in [5.74, 6) is 0.542. The van der Waals surface area contributed by atoms with E-state index < -0.39 is 0 Å². The van der Waals surface area contributed by atoms with Crippen LogP contribution in [0.25, 0.3) is 0 Å². The molecule has 0 unspecified atom stereocenters. The fourth-order valence-corrected chi connectivity index (χ4v) is 4.41. The van der Waals surface area contributed by atoms with Crippen LogP contribution >= 0.6 is 0 Å². The van der Waals surface area contributed by atoms with Crippen molar-refractivity contribution in [2.75, 3.05) is 19.8 Å². The van der Waals surface area contributed by atoms with Crippen LogP contribution in [-0.4, -0.2) is 45.9 Å². The van der Waals surface area contributed by atoms with Crippen molar-refractivity contribution in [1.82, 2.24) is 4.90 Å². The van der Waals surface area contributed by atoms with Crippen LogP contribution in [0.15, 0.2) is 11.6 Å². The maximum absolute atomic E-state index is 9.51. The van der Waals surface area contributed by atoms with Gasteiger partial charge in [-0.25, -0.2) is 0 Å². The molecule has 0 amide bonds. The third-order valence-electron chi connectivity index (χ3n) is 5.55. The van der Waals surface area contributed by atoms with Crippen LogP contribution in [0.1, 0.15) is 59.8 Å². The van der Waals surface area contributed by atoms with Gasteiger partial charge in [-0.3, -0.25) is 4.90 Å². The number of aliphatic hydroxyl groups is 2. The van der Waals surface area contributed by atoms with Crippen LogP contribution in [-0.2, 0) is 0 Å². The van der Waals surface area contributed by atoms with Gasteiger partial charge in [0.1, 0.15) is 0 Å². The van der Waals surface area contributed by atoms with E-state index in [1.807, 2.05) is 0 Å². The molecule has 0 saturated carbocycles. The van der Waals surface area contributed by atoms with Crippen LogP contribution in [0, 0.1) is 11.8 Å². The number of aliphatic hydroxyl groups excluding tert-OH is 2. The van der Waals surface area contributed by atoms with Gasteiger partial charge in [0.25, 0.3) is 0 Å². The van der Waals surface area contributed by atoms with Crippen molar-refractivity contribution < 1.29 is 10.2 Å². The fourth-order valence-electron chi connectivity index (χ4n) is 4.41. The SMILES string of the molecule is CC1(C)CCCC(C)(C)N1CC1=C[C@@H](CO)C[C@@H](CO)C1. The molecular weight excluding hydrogens is 262 g/mol. The van der Waals surface area contributed by atoms with Crippen molar-refractivity contribution in [3.8, 4) is 0 Å². The lowest BCUT2D eigenvalue weighted by Gasteiger charge is -2.53. The van der Waals surface area contributed by atoms with E-state index in [1.54, 1.807) is 0 Å². The Kier molecular flexibility index (Phi) is 5.17. The third-order valence-corrected chi connectivity index (χ3v) is 5.55. The summed E-state index contributed by atoms with van der Waals surface area (Å²) >= 11 is 0. The maximum atomic E-state index is 9.51. The molecule has 1 saturated heterocycles. The Morgan fingerprint density at radius 3 is 2.24 bits per heavy atom. The van der Waals surface area contributed by atoms with Crippen LogP contribution in [0.2, 0.25) is 0 Å². The van der Waals surface area contributed by atoms with Gasteiger partial charge in [-0.2, -0.15) is 0 Å². The van der Waals surface area contributed by atoms with Gasteiger partial charge in [0, 0.05) is 36.8 Å². The van der Waals surface area contributed by atoms with Crippen molar-refractivity contribution >= 4 is 0 Å². The van der Waals surface area contributed by atoms with E-state index >= 15 is 0 Å². The molecule has 1 aliphatic carbocycles. The van der Waals surface area contributed by atoms with Crippen molar-refractivity contribution in [1.29, 1.82) is 0 Å². The lowest BCUT2D eigenvalue weighted by Crippen LogP contribution is -2.59.